The Morgan fingerprint density at radius 2 is 2.18 bits per heavy atom. The van der Waals surface area contributed by atoms with Gasteiger partial charge in [-0.1, -0.05) is 12.1 Å². The van der Waals surface area contributed by atoms with Crippen LogP contribution in [0.5, 0.6) is 0 Å². The van der Waals surface area contributed by atoms with Crippen LogP contribution >= 0.6 is 0 Å². The number of hydrogen-bond donors (Lipinski definition) is 2. The molecule has 0 aliphatic carbocycles. The number of nitro benzene ring substituents is 1. The number of nitro groups is 1. The number of nitrogens with one attached hydrogen (secondary N) is 1. The molecule has 0 aromatic heterocycles. The topological polar surface area (TPSA) is 107 Å². The molecule has 17 heavy (non-hydrogen) atoms. The van der Waals surface area contributed by atoms with E-state index in [1.807, 2.05) is 0 Å². The van der Waals surface area contributed by atoms with Gasteiger partial charge in [-0.15, -0.1) is 0 Å². The van der Waals surface area contributed by atoms with Crippen molar-refractivity contribution >= 4 is 11.8 Å². The monoisotopic (exact) mass is 239 g/mol. The number of rotatable bonds is 5. The van der Waals surface area contributed by atoms with Crippen molar-refractivity contribution in [3.63, 3.8) is 0 Å². The number of ether oxygens (including phenoxy) is 1. The lowest BCUT2D eigenvalue weighted by Crippen LogP contribution is -2.29. The second-order valence-corrected chi connectivity index (χ2v) is 3.18. The summed E-state index contributed by atoms with van der Waals surface area (Å²) in [6.07, 6.45) is -0.645. The maximum absolute atomic E-state index is 11.1. The highest BCUT2D eigenvalue weighted by Gasteiger charge is 2.13. The number of para-hydroxylation sites is 1. The third kappa shape index (κ3) is 4.07. The van der Waals surface area contributed by atoms with Gasteiger partial charge in [0.2, 0.25) is 0 Å². The summed E-state index contributed by atoms with van der Waals surface area (Å²) in [6, 6.07) is 6.09. The number of carbonyl (C=O) groups excluding carboxylic acids is 1. The minimum absolute atomic E-state index is 0.0703. The fraction of sp³-hybridized carbons (Fsp3) is 0.300. The van der Waals surface area contributed by atoms with Crippen LogP contribution in [0.3, 0.4) is 0 Å². The average Bonchev–Trinajstić information content (AvgIpc) is 2.34. The quantitative estimate of drug-likeness (QED) is 0.583. The van der Waals surface area contributed by atoms with E-state index in [0.29, 0.717) is 18.7 Å². The lowest BCUT2D eigenvalue weighted by molar-refractivity contribution is -0.385. The van der Waals surface area contributed by atoms with Crippen LogP contribution in [0.2, 0.25) is 0 Å². The minimum atomic E-state index is -0.645. The Morgan fingerprint density at radius 3 is 2.82 bits per heavy atom. The zero-order chi connectivity index (χ0) is 12.7. The molecule has 0 unspecified atom stereocenters. The zero-order valence-electron chi connectivity index (χ0n) is 9.09. The third-order valence-electron chi connectivity index (χ3n) is 1.96. The van der Waals surface area contributed by atoms with E-state index < -0.39 is 11.0 Å². The highest BCUT2D eigenvalue weighted by molar-refractivity contribution is 5.67. The predicted molar refractivity (Wildman–Crippen MR) is 60.3 cm³/mol. The van der Waals surface area contributed by atoms with E-state index in [0.717, 1.165) is 0 Å². The smallest absolute Gasteiger partial charge is 0.407 e. The summed E-state index contributed by atoms with van der Waals surface area (Å²) in [7, 11) is 0. The van der Waals surface area contributed by atoms with E-state index in [2.05, 4.69) is 5.32 Å². The molecule has 1 amide bonds. The number of carbonyl (C=O) groups is 1. The Morgan fingerprint density at radius 1 is 1.47 bits per heavy atom. The first-order chi connectivity index (χ1) is 8.15. The fourth-order valence-corrected chi connectivity index (χ4v) is 1.18. The van der Waals surface area contributed by atoms with Gasteiger partial charge in [0.25, 0.3) is 5.69 Å². The van der Waals surface area contributed by atoms with Gasteiger partial charge in [-0.3, -0.25) is 10.1 Å². The average molecular weight is 239 g/mol. The van der Waals surface area contributed by atoms with Crippen LogP contribution in [-0.4, -0.2) is 24.1 Å². The molecule has 0 aliphatic heterocycles. The van der Waals surface area contributed by atoms with Crippen molar-refractivity contribution in [1.29, 1.82) is 0 Å². The van der Waals surface area contributed by atoms with Gasteiger partial charge in [0.05, 0.1) is 10.5 Å². The normalized spacial score (nSPS) is 9.71. The molecule has 0 saturated heterocycles. The minimum Gasteiger partial charge on any atom is -0.444 e. The molecule has 0 atom stereocenters. The number of alkyl carbamates (subject to hydrolysis) is 1. The molecule has 0 radical (unpaired) electrons. The van der Waals surface area contributed by atoms with Crippen LogP contribution < -0.4 is 11.1 Å². The van der Waals surface area contributed by atoms with Crippen LogP contribution in [0.15, 0.2) is 24.3 Å². The van der Waals surface area contributed by atoms with Gasteiger partial charge < -0.3 is 15.8 Å². The van der Waals surface area contributed by atoms with Crippen molar-refractivity contribution in [1.82, 2.24) is 5.32 Å². The van der Waals surface area contributed by atoms with Crippen LogP contribution in [0, 0.1) is 10.1 Å². The molecule has 0 aliphatic rings. The summed E-state index contributed by atoms with van der Waals surface area (Å²) in [4.78, 5) is 21.3. The van der Waals surface area contributed by atoms with Gasteiger partial charge in [-0.05, 0) is 6.07 Å². The molecule has 7 heteroatoms. The third-order valence-corrected chi connectivity index (χ3v) is 1.96. The van der Waals surface area contributed by atoms with Gasteiger partial charge in [-0.2, -0.15) is 0 Å². The van der Waals surface area contributed by atoms with E-state index in [1.165, 1.54) is 12.1 Å². The standard InChI is InChI=1S/C10H13N3O4/c11-5-6-12-10(14)17-7-8-3-1-2-4-9(8)13(15)16/h1-4H,5-7,11H2,(H,12,14). The van der Waals surface area contributed by atoms with Gasteiger partial charge >= 0.3 is 6.09 Å². The van der Waals surface area contributed by atoms with E-state index >= 15 is 0 Å². The van der Waals surface area contributed by atoms with E-state index in [-0.39, 0.29) is 12.3 Å². The molecule has 1 aromatic carbocycles. The van der Waals surface area contributed by atoms with E-state index in [1.54, 1.807) is 12.1 Å². The number of nitrogens with two attached hydrogens (primary N) is 1. The Labute approximate surface area is 97.7 Å². The van der Waals surface area contributed by atoms with Crippen molar-refractivity contribution in [3.05, 3.63) is 39.9 Å². The van der Waals surface area contributed by atoms with Crippen molar-refractivity contribution in [2.75, 3.05) is 13.1 Å². The van der Waals surface area contributed by atoms with Gasteiger partial charge in [0.1, 0.15) is 6.61 Å². The Bertz CT molecular complexity index is 408. The summed E-state index contributed by atoms with van der Waals surface area (Å²) >= 11 is 0. The fourth-order valence-electron chi connectivity index (χ4n) is 1.18. The van der Waals surface area contributed by atoms with Crippen LogP contribution in [0.4, 0.5) is 10.5 Å². The Balaban J connectivity index is 2.57. The molecule has 92 valence electrons. The molecule has 1 rings (SSSR count). The van der Waals surface area contributed by atoms with Crippen molar-refractivity contribution < 1.29 is 14.5 Å². The van der Waals surface area contributed by atoms with Crippen LogP contribution in [-0.2, 0) is 11.3 Å². The first-order valence-corrected chi connectivity index (χ1v) is 4.98. The second kappa shape index (κ2) is 6.44. The van der Waals surface area contributed by atoms with Gasteiger partial charge in [-0.25, -0.2) is 4.79 Å². The van der Waals surface area contributed by atoms with Crippen molar-refractivity contribution in [3.8, 4) is 0 Å². The molecule has 0 fully saturated rings. The van der Waals surface area contributed by atoms with Crippen molar-refractivity contribution in [2.24, 2.45) is 5.73 Å². The van der Waals surface area contributed by atoms with Crippen molar-refractivity contribution in [2.45, 2.75) is 6.61 Å². The molecule has 0 spiro atoms. The summed E-state index contributed by atoms with van der Waals surface area (Å²) in [5.74, 6) is 0. The van der Waals surface area contributed by atoms with Gasteiger partial charge in [0, 0.05) is 19.2 Å². The lowest BCUT2D eigenvalue weighted by Gasteiger charge is -2.06. The maximum atomic E-state index is 11.1. The second-order valence-electron chi connectivity index (χ2n) is 3.18. The molecular weight excluding hydrogens is 226 g/mol. The Kier molecular flexibility index (Phi) is 4.89. The zero-order valence-corrected chi connectivity index (χ0v) is 9.09. The van der Waals surface area contributed by atoms with Crippen LogP contribution in [0.1, 0.15) is 5.56 Å². The van der Waals surface area contributed by atoms with Crippen LogP contribution in [0.25, 0.3) is 0 Å². The number of nitrogens with zero attached hydrogens (tertiary/aromatic N) is 1. The largest absolute Gasteiger partial charge is 0.444 e. The summed E-state index contributed by atoms with van der Waals surface area (Å²) in [6.45, 7) is 0.462. The van der Waals surface area contributed by atoms with E-state index in [4.69, 9.17) is 10.5 Å². The summed E-state index contributed by atoms with van der Waals surface area (Å²) in [5.41, 5.74) is 5.47. The van der Waals surface area contributed by atoms with E-state index in [9.17, 15) is 14.9 Å². The first-order valence-electron chi connectivity index (χ1n) is 4.98. The summed E-state index contributed by atoms with van der Waals surface area (Å²) in [5, 5.41) is 13.1. The Hall–Kier alpha value is -2.15. The van der Waals surface area contributed by atoms with Gasteiger partial charge in [0.15, 0.2) is 0 Å². The molecule has 7 nitrogen and oxygen atoms in total. The predicted octanol–water partition coefficient (Wildman–Crippen LogP) is 0.780. The summed E-state index contributed by atoms with van der Waals surface area (Å²) < 4.78 is 4.81. The highest BCUT2D eigenvalue weighted by Crippen LogP contribution is 2.18. The highest BCUT2D eigenvalue weighted by atomic mass is 16.6. The lowest BCUT2D eigenvalue weighted by atomic mass is 10.2. The maximum Gasteiger partial charge on any atom is 0.407 e. The number of benzene rings is 1. The molecule has 3 N–H and O–H groups in total. The molecule has 0 saturated carbocycles. The first kappa shape index (κ1) is 12.9. The SMILES string of the molecule is NCCNC(=O)OCc1ccccc1[N+](=O)[O-]. The molecular formula is C10H13N3O4. The molecule has 0 heterocycles. The molecule has 0 bridgehead atoms. The molecule has 1 aromatic rings. The number of hydrogen-bond acceptors (Lipinski definition) is 5. The number of amides is 1.